The fourth-order valence-electron chi connectivity index (χ4n) is 2.11. The van der Waals surface area contributed by atoms with Gasteiger partial charge in [0.2, 0.25) is 5.91 Å². The fourth-order valence-corrected chi connectivity index (χ4v) is 2.43. The Morgan fingerprint density at radius 1 is 1.29 bits per heavy atom. The number of alkyl halides is 1. The van der Waals surface area contributed by atoms with Crippen molar-refractivity contribution in [2.75, 3.05) is 7.05 Å². The third kappa shape index (κ3) is 3.26. The molecule has 0 aromatic rings. The highest BCUT2D eigenvalue weighted by atomic mass is 79.9. The number of rotatable bonds is 2. The standard InChI is InChI=1S/C11H20BrNO/c1-9(12)11(14)13(2)10-7-5-3-4-6-8-10/h9-10H,3-8H2,1-2H3. The molecule has 2 nitrogen and oxygen atoms in total. The number of nitrogens with zero attached hydrogens (tertiary/aromatic N) is 1. The molecule has 1 saturated carbocycles. The summed E-state index contributed by atoms with van der Waals surface area (Å²) in [5.74, 6) is 0.219. The average molecular weight is 262 g/mol. The summed E-state index contributed by atoms with van der Waals surface area (Å²) in [6.45, 7) is 1.90. The van der Waals surface area contributed by atoms with Crippen LogP contribution < -0.4 is 0 Å². The van der Waals surface area contributed by atoms with Gasteiger partial charge in [0.1, 0.15) is 0 Å². The quantitative estimate of drug-likeness (QED) is 0.553. The highest BCUT2D eigenvalue weighted by molar-refractivity contribution is 9.10. The Bertz CT molecular complexity index is 186. The second-order valence-corrected chi connectivity index (χ2v) is 5.58. The van der Waals surface area contributed by atoms with Crippen LogP contribution in [0.25, 0.3) is 0 Å². The first kappa shape index (κ1) is 12.0. The zero-order valence-corrected chi connectivity index (χ0v) is 10.7. The monoisotopic (exact) mass is 261 g/mol. The highest BCUT2D eigenvalue weighted by Gasteiger charge is 2.23. The van der Waals surface area contributed by atoms with Gasteiger partial charge in [-0.05, 0) is 19.8 Å². The van der Waals surface area contributed by atoms with E-state index in [0.717, 1.165) is 0 Å². The molecule has 1 aliphatic rings. The van der Waals surface area contributed by atoms with Gasteiger partial charge in [0.25, 0.3) is 0 Å². The predicted molar refractivity (Wildman–Crippen MR) is 62.6 cm³/mol. The van der Waals surface area contributed by atoms with Crippen LogP contribution in [0.15, 0.2) is 0 Å². The van der Waals surface area contributed by atoms with Crippen molar-refractivity contribution in [3.8, 4) is 0 Å². The van der Waals surface area contributed by atoms with Crippen molar-refractivity contribution >= 4 is 21.8 Å². The first-order chi connectivity index (χ1) is 6.63. The van der Waals surface area contributed by atoms with E-state index >= 15 is 0 Å². The minimum Gasteiger partial charge on any atom is -0.342 e. The van der Waals surface area contributed by atoms with Gasteiger partial charge in [-0.25, -0.2) is 0 Å². The van der Waals surface area contributed by atoms with E-state index in [1.165, 1.54) is 38.5 Å². The first-order valence-corrected chi connectivity index (χ1v) is 6.45. The van der Waals surface area contributed by atoms with E-state index in [1.807, 2.05) is 18.9 Å². The third-order valence-electron chi connectivity index (χ3n) is 3.06. The van der Waals surface area contributed by atoms with Crippen LogP contribution in [0.4, 0.5) is 0 Å². The number of halogens is 1. The van der Waals surface area contributed by atoms with Gasteiger partial charge >= 0.3 is 0 Å². The van der Waals surface area contributed by atoms with Crippen LogP contribution in [0.1, 0.15) is 45.4 Å². The fraction of sp³-hybridized carbons (Fsp3) is 0.909. The number of amides is 1. The molecule has 0 spiro atoms. The van der Waals surface area contributed by atoms with Crippen LogP contribution in [0.2, 0.25) is 0 Å². The molecule has 0 heterocycles. The van der Waals surface area contributed by atoms with E-state index in [4.69, 9.17) is 0 Å². The zero-order chi connectivity index (χ0) is 10.6. The van der Waals surface area contributed by atoms with E-state index in [0.29, 0.717) is 6.04 Å². The van der Waals surface area contributed by atoms with Gasteiger partial charge in [-0.3, -0.25) is 4.79 Å². The van der Waals surface area contributed by atoms with E-state index in [1.54, 1.807) is 0 Å². The molecular weight excluding hydrogens is 242 g/mol. The minimum absolute atomic E-state index is 0.0456. The number of carbonyl (C=O) groups is 1. The second kappa shape index (κ2) is 5.74. The molecule has 0 aromatic heterocycles. The van der Waals surface area contributed by atoms with Gasteiger partial charge in [-0.2, -0.15) is 0 Å². The van der Waals surface area contributed by atoms with Crippen molar-refractivity contribution in [3.63, 3.8) is 0 Å². The Morgan fingerprint density at radius 3 is 2.21 bits per heavy atom. The Morgan fingerprint density at radius 2 is 1.79 bits per heavy atom. The van der Waals surface area contributed by atoms with Crippen LogP contribution in [-0.2, 0) is 4.79 Å². The lowest BCUT2D eigenvalue weighted by molar-refractivity contribution is -0.131. The summed E-state index contributed by atoms with van der Waals surface area (Å²) in [6.07, 6.45) is 7.59. The smallest absolute Gasteiger partial charge is 0.236 e. The molecule has 0 aromatic carbocycles. The van der Waals surface area contributed by atoms with Crippen molar-refractivity contribution in [3.05, 3.63) is 0 Å². The van der Waals surface area contributed by atoms with Crippen LogP contribution in [-0.4, -0.2) is 28.7 Å². The molecule has 0 bridgehead atoms. The first-order valence-electron chi connectivity index (χ1n) is 5.53. The van der Waals surface area contributed by atoms with Crippen molar-refractivity contribution < 1.29 is 4.79 Å². The molecule has 1 aliphatic carbocycles. The molecule has 1 amide bonds. The topological polar surface area (TPSA) is 20.3 Å². The molecule has 3 heteroatoms. The van der Waals surface area contributed by atoms with Gasteiger partial charge in [0.05, 0.1) is 4.83 Å². The van der Waals surface area contributed by atoms with Crippen LogP contribution in [0, 0.1) is 0 Å². The van der Waals surface area contributed by atoms with Crippen molar-refractivity contribution in [2.24, 2.45) is 0 Å². The lowest BCUT2D eigenvalue weighted by atomic mass is 10.1. The summed E-state index contributed by atoms with van der Waals surface area (Å²) in [7, 11) is 1.94. The van der Waals surface area contributed by atoms with E-state index in [-0.39, 0.29) is 10.7 Å². The normalized spacial score (nSPS) is 21.4. The third-order valence-corrected chi connectivity index (χ3v) is 3.45. The number of carbonyl (C=O) groups excluding carboxylic acids is 1. The molecule has 1 fully saturated rings. The molecule has 1 unspecified atom stereocenters. The largest absolute Gasteiger partial charge is 0.342 e. The van der Waals surface area contributed by atoms with Gasteiger partial charge in [-0.1, -0.05) is 41.6 Å². The predicted octanol–water partition coefficient (Wildman–Crippen LogP) is 2.95. The molecule has 1 atom stereocenters. The van der Waals surface area contributed by atoms with Crippen LogP contribution in [0.3, 0.4) is 0 Å². The Balaban J connectivity index is 2.49. The summed E-state index contributed by atoms with van der Waals surface area (Å²) in [5, 5.41) is 0. The summed E-state index contributed by atoms with van der Waals surface area (Å²) in [4.78, 5) is 13.6. The maximum Gasteiger partial charge on any atom is 0.236 e. The summed E-state index contributed by atoms with van der Waals surface area (Å²) >= 11 is 3.34. The van der Waals surface area contributed by atoms with Crippen LogP contribution in [0.5, 0.6) is 0 Å². The van der Waals surface area contributed by atoms with Crippen molar-refractivity contribution in [2.45, 2.75) is 56.3 Å². The van der Waals surface area contributed by atoms with Gasteiger partial charge in [0, 0.05) is 13.1 Å². The summed E-state index contributed by atoms with van der Waals surface area (Å²) < 4.78 is 0. The second-order valence-electron chi connectivity index (χ2n) is 4.21. The summed E-state index contributed by atoms with van der Waals surface area (Å²) in [6, 6.07) is 0.477. The molecule has 14 heavy (non-hydrogen) atoms. The van der Waals surface area contributed by atoms with Gasteiger partial charge in [0.15, 0.2) is 0 Å². The maximum absolute atomic E-state index is 11.7. The number of hydrogen-bond acceptors (Lipinski definition) is 1. The van der Waals surface area contributed by atoms with Crippen LogP contribution >= 0.6 is 15.9 Å². The van der Waals surface area contributed by atoms with Gasteiger partial charge < -0.3 is 4.90 Å². The lowest BCUT2D eigenvalue weighted by Crippen LogP contribution is -2.40. The van der Waals surface area contributed by atoms with E-state index < -0.39 is 0 Å². The Kier molecular flexibility index (Phi) is 4.93. The summed E-state index contributed by atoms with van der Waals surface area (Å²) in [5.41, 5.74) is 0. The lowest BCUT2D eigenvalue weighted by Gasteiger charge is -2.28. The molecule has 82 valence electrons. The van der Waals surface area contributed by atoms with Crippen molar-refractivity contribution in [1.29, 1.82) is 0 Å². The molecule has 0 aliphatic heterocycles. The Labute approximate surface area is 95.2 Å². The van der Waals surface area contributed by atoms with Crippen molar-refractivity contribution in [1.82, 2.24) is 4.90 Å². The molecule has 0 N–H and O–H groups in total. The highest BCUT2D eigenvalue weighted by Crippen LogP contribution is 2.22. The Hall–Kier alpha value is -0.0500. The molecule has 1 rings (SSSR count). The van der Waals surface area contributed by atoms with E-state index in [2.05, 4.69) is 15.9 Å². The molecule has 0 saturated heterocycles. The number of hydrogen-bond donors (Lipinski definition) is 0. The maximum atomic E-state index is 11.7. The molecular formula is C11H20BrNO. The SMILES string of the molecule is CC(Br)C(=O)N(C)C1CCCCCC1. The van der Waals surface area contributed by atoms with E-state index in [9.17, 15) is 4.79 Å². The zero-order valence-electron chi connectivity index (χ0n) is 9.13. The average Bonchev–Trinajstić information content (AvgIpc) is 2.43. The molecule has 0 radical (unpaired) electrons. The minimum atomic E-state index is -0.0456. The van der Waals surface area contributed by atoms with Gasteiger partial charge in [-0.15, -0.1) is 0 Å².